The third-order valence-electron chi connectivity index (χ3n) is 4.70. The number of esters is 2. The van der Waals surface area contributed by atoms with Crippen LogP contribution in [-0.2, 0) is 35.0 Å². The fourth-order valence-corrected chi connectivity index (χ4v) is 2.90. The molecule has 10 nitrogen and oxygen atoms in total. The second-order valence-corrected chi connectivity index (χ2v) is 7.59. The van der Waals surface area contributed by atoms with Crippen LogP contribution in [0.3, 0.4) is 0 Å². The Morgan fingerprint density at radius 2 is 1.51 bits per heavy atom. The molecule has 0 atom stereocenters. The topological polar surface area (TPSA) is 142 Å². The third-order valence-corrected chi connectivity index (χ3v) is 4.70. The van der Waals surface area contributed by atoms with Gasteiger partial charge in [-0.1, -0.05) is 38.8 Å². The van der Waals surface area contributed by atoms with Gasteiger partial charge in [0.2, 0.25) is 0 Å². The summed E-state index contributed by atoms with van der Waals surface area (Å²) in [6, 6.07) is 5.80. The zero-order chi connectivity index (χ0) is 25.7. The van der Waals surface area contributed by atoms with Crippen LogP contribution >= 0.6 is 0 Å². The number of benzene rings is 1. The van der Waals surface area contributed by atoms with Gasteiger partial charge in [-0.05, 0) is 24.5 Å². The molecule has 0 spiro atoms. The quantitative estimate of drug-likeness (QED) is 0.148. The molecular formula is C25H40N2O8. The first-order chi connectivity index (χ1) is 17.0. The van der Waals surface area contributed by atoms with Gasteiger partial charge >= 0.3 is 11.9 Å². The zero-order valence-electron chi connectivity index (χ0n) is 20.8. The van der Waals surface area contributed by atoms with Crippen molar-refractivity contribution in [2.24, 2.45) is 11.5 Å². The Hall–Kier alpha value is -2.82. The molecule has 0 aliphatic carbocycles. The molecule has 4 N–H and O–H groups in total. The van der Waals surface area contributed by atoms with Gasteiger partial charge in [-0.25, -0.2) is 4.79 Å². The molecule has 0 heterocycles. The van der Waals surface area contributed by atoms with Gasteiger partial charge in [0.25, 0.3) is 0 Å². The molecule has 0 saturated heterocycles. The fourth-order valence-electron chi connectivity index (χ4n) is 2.90. The van der Waals surface area contributed by atoms with Crippen LogP contribution in [0, 0.1) is 0 Å². The molecule has 1 aromatic rings. The summed E-state index contributed by atoms with van der Waals surface area (Å²) in [5.41, 5.74) is 11.4. The van der Waals surface area contributed by atoms with E-state index < -0.39 is 11.9 Å². The number of carbonyl (C=O) groups is 2. The van der Waals surface area contributed by atoms with Crippen LogP contribution in [0.5, 0.6) is 11.5 Å². The van der Waals surface area contributed by atoms with Crippen LogP contribution in [0.1, 0.15) is 38.2 Å². The summed E-state index contributed by atoms with van der Waals surface area (Å²) in [5.74, 6) is 0.321. The van der Waals surface area contributed by atoms with Crippen molar-refractivity contribution in [3.05, 3.63) is 36.0 Å². The van der Waals surface area contributed by atoms with E-state index in [1.807, 2.05) is 18.2 Å². The van der Waals surface area contributed by atoms with E-state index in [0.717, 1.165) is 24.2 Å². The summed E-state index contributed by atoms with van der Waals surface area (Å²) in [4.78, 5) is 22.2. The third kappa shape index (κ3) is 14.9. The highest BCUT2D eigenvalue weighted by atomic mass is 16.6. The van der Waals surface area contributed by atoms with Crippen molar-refractivity contribution in [1.82, 2.24) is 0 Å². The lowest BCUT2D eigenvalue weighted by atomic mass is 10.1. The van der Waals surface area contributed by atoms with E-state index in [-0.39, 0.29) is 38.7 Å². The molecule has 35 heavy (non-hydrogen) atoms. The lowest BCUT2D eigenvalue weighted by Gasteiger charge is -2.14. The first-order valence-electron chi connectivity index (χ1n) is 12.0. The lowest BCUT2D eigenvalue weighted by Crippen LogP contribution is -2.19. The molecule has 0 fully saturated rings. The van der Waals surface area contributed by atoms with Crippen LogP contribution in [0.25, 0.3) is 0 Å². The van der Waals surface area contributed by atoms with Gasteiger partial charge in [-0.2, -0.15) is 0 Å². The van der Waals surface area contributed by atoms with E-state index in [4.69, 9.17) is 39.9 Å². The van der Waals surface area contributed by atoms with E-state index in [2.05, 4.69) is 13.5 Å². The number of aryl methyl sites for hydroxylation is 1. The summed E-state index contributed by atoms with van der Waals surface area (Å²) in [6.45, 7) is 7.50. The monoisotopic (exact) mass is 496 g/mol. The SMILES string of the molecule is C=C(N)C(=O)OCCOCCOc1cc(OCCOCCOC(=O)CN)ccc1CCCCCC. The first kappa shape index (κ1) is 30.2. The van der Waals surface area contributed by atoms with Crippen molar-refractivity contribution in [2.45, 2.75) is 39.0 Å². The van der Waals surface area contributed by atoms with Crippen LogP contribution in [0.15, 0.2) is 30.5 Å². The van der Waals surface area contributed by atoms with Gasteiger partial charge in [0, 0.05) is 6.07 Å². The number of hydrogen-bond donors (Lipinski definition) is 2. The Kier molecular flexibility index (Phi) is 16.8. The normalized spacial score (nSPS) is 10.6. The van der Waals surface area contributed by atoms with E-state index >= 15 is 0 Å². The number of rotatable bonds is 21. The summed E-state index contributed by atoms with van der Waals surface area (Å²) >= 11 is 0. The van der Waals surface area contributed by atoms with E-state index in [0.29, 0.717) is 32.2 Å². The van der Waals surface area contributed by atoms with E-state index in [9.17, 15) is 9.59 Å². The van der Waals surface area contributed by atoms with Crippen molar-refractivity contribution in [3.63, 3.8) is 0 Å². The standard InChI is InChI=1S/C25H40N2O8/c1-3-4-5-6-7-21-8-9-22(32-14-10-30-12-16-34-24(28)19-26)18-23(21)33-15-11-31-13-17-35-25(29)20(2)27/h8-9,18H,2-7,10-17,19,26-27H2,1H3. The molecule has 0 unspecified atom stereocenters. The van der Waals surface area contributed by atoms with Crippen molar-refractivity contribution < 1.29 is 38.0 Å². The van der Waals surface area contributed by atoms with Gasteiger partial charge in [0.05, 0.1) is 33.0 Å². The average Bonchev–Trinajstić information content (AvgIpc) is 2.85. The molecule has 0 aliphatic heterocycles. The Labute approximate surface area is 207 Å². The molecule has 1 aromatic carbocycles. The van der Waals surface area contributed by atoms with E-state index in [1.165, 1.54) is 19.3 Å². The highest BCUT2D eigenvalue weighted by Gasteiger charge is 2.08. The summed E-state index contributed by atoms with van der Waals surface area (Å²) in [6.07, 6.45) is 5.56. The highest BCUT2D eigenvalue weighted by molar-refractivity contribution is 5.86. The molecular weight excluding hydrogens is 456 g/mol. The first-order valence-corrected chi connectivity index (χ1v) is 12.0. The number of hydrogen-bond acceptors (Lipinski definition) is 10. The summed E-state index contributed by atoms with van der Waals surface area (Å²) in [7, 11) is 0. The summed E-state index contributed by atoms with van der Waals surface area (Å²) in [5, 5.41) is 0. The van der Waals surface area contributed by atoms with Crippen LogP contribution in [-0.4, -0.2) is 71.3 Å². The fraction of sp³-hybridized carbons (Fsp3) is 0.600. The minimum atomic E-state index is -0.644. The second-order valence-electron chi connectivity index (χ2n) is 7.59. The van der Waals surface area contributed by atoms with E-state index in [1.54, 1.807) is 0 Å². The van der Waals surface area contributed by atoms with Gasteiger partial charge < -0.3 is 39.9 Å². The molecule has 198 valence electrons. The Balaban J connectivity index is 2.43. The minimum absolute atomic E-state index is 0.0958. The molecule has 0 saturated carbocycles. The van der Waals surface area contributed by atoms with Gasteiger partial charge in [0.15, 0.2) is 0 Å². The zero-order valence-corrected chi connectivity index (χ0v) is 20.8. The van der Waals surface area contributed by atoms with Gasteiger partial charge in [0.1, 0.15) is 43.6 Å². The van der Waals surface area contributed by atoms with Crippen LogP contribution in [0.2, 0.25) is 0 Å². The van der Waals surface area contributed by atoms with Gasteiger partial charge in [-0.15, -0.1) is 0 Å². The number of unbranched alkanes of at least 4 members (excludes halogenated alkanes) is 3. The van der Waals surface area contributed by atoms with Crippen molar-refractivity contribution >= 4 is 11.9 Å². The van der Waals surface area contributed by atoms with Crippen molar-refractivity contribution in [1.29, 1.82) is 0 Å². The maximum atomic E-state index is 11.2. The lowest BCUT2D eigenvalue weighted by molar-refractivity contribution is -0.143. The van der Waals surface area contributed by atoms with Crippen molar-refractivity contribution in [2.75, 3.05) is 59.4 Å². The van der Waals surface area contributed by atoms with Crippen LogP contribution in [0.4, 0.5) is 0 Å². The predicted molar refractivity (Wildman–Crippen MR) is 131 cm³/mol. The molecule has 1 rings (SSSR count). The molecule has 0 amide bonds. The van der Waals surface area contributed by atoms with Crippen LogP contribution < -0.4 is 20.9 Å². The Morgan fingerprint density at radius 1 is 0.857 bits per heavy atom. The number of nitrogens with two attached hydrogens (primary N) is 2. The largest absolute Gasteiger partial charge is 0.491 e. The second kappa shape index (κ2) is 19.5. The summed E-state index contributed by atoms with van der Waals surface area (Å²) < 4.78 is 32.3. The molecule has 0 bridgehead atoms. The maximum Gasteiger partial charge on any atom is 0.353 e. The van der Waals surface area contributed by atoms with Crippen molar-refractivity contribution in [3.8, 4) is 11.5 Å². The maximum absolute atomic E-state index is 11.2. The Bertz CT molecular complexity index is 757. The molecule has 10 heteroatoms. The predicted octanol–water partition coefficient (Wildman–Crippen LogP) is 2.12. The van der Waals surface area contributed by atoms with Gasteiger partial charge in [-0.3, -0.25) is 4.79 Å². The molecule has 0 aliphatic rings. The Morgan fingerprint density at radius 3 is 2.17 bits per heavy atom. The number of carbonyl (C=O) groups excluding carboxylic acids is 2. The smallest absolute Gasteiger partial charge is 0.353 e. The molecule has 0 radical (unpaired) electrons. The number of ether oxygens (including phenoxy) is 6. The highest BCUT2D eigenvalue weighted by Crippen LogP contribution is 2.27. The molecule has 0 aromatic heterocycles. The average molecular weight is 497 g/mol. The minimum Gasteiger partial charge on any atom is -0.491 e.